The number of carbonyl (C=O) groups excluding carboxylic acids is 1. The lowest BCUT2D eigenvalue weighted by atomic mass is 9.98. The third kappa shape index (κ3) is 3.69. The lowest BCUT2D eigenvalue weighted by molar-refractivity contribution is 0.0943. The van der Waals surface area contributed by atoms with Gasteiger partial charge < -0.3 is 4.74 Å². The van der Waals surface area contributed by atoms with E-state index in [1.54, 1.807) is 6.92 Å². The molecule has 0 spiro atoms. The first-order valence-corrected chi connectivity index (χ1v) is 10.7. The van der Waals surface area contributed by atoms with Crippen molar-refractivity contribution >= 4 is 16.8 Å². The molecule has 3 nitrogen and oxygen atoms in total. The van der Waals surface area contributed by atoms with Gasteiger partial charge in [-0.1, -0.05) is 91.0 Å². The van der Waals surface area contributed by atoms with Crippen LogP contribution in [0.2, 0.25) is 0 Å². The maximum Gasteiger partial charge on any atom is 0.228 e. The van der Waals surface area contributed by atoms with Crippen LogP contribution in [0.15, 0.2) is 109 Å². The SMILES string of the molecule is CC(=O)n1c(-c2ccccc2)c(-c2ccccc2)c2ccc(OCc3ccccc3)cc21. The standard InChI is InChI=1S/C29H23NO2/c1-21(31)30-27-19-25(32-20-22-11-5-2-6-12-22)17-18-26(27)28(23-13-7-3-8-14-23)29(30)24-15-9-4-10-16-24/h2-19H,20H2,1H3. The average Bonchev–Trinajstić information content (AvgIpc) is 3.19. The summed E-state index contributed by atoms with van der Waals surface area (Å²) >= 11 is 0. The molecule has 0 aliphatic carbocycles. The Bertz CT molecular complexity index is 1370. The van der Waals surface area contributed by atoms with Gasteiger partial charge in [0.15, 0.2) is 0 Å². The summed E-state index contributed by atoms with van der Waals surface area (Å²) in [5, 5.41) is 1.03. The highest BCUT2D eigenvalue weighted by Gasteiger charge is 2.22. The Hall–Kier alpha value is -4.11. The van der Waals surface area contributed by atoms with Crippen LogP contribution >= 0.6 is 0 Å². The van der Waals surface area contributed by atoms with E-state index in [2.05, 4.69) is 18.2 Å². The number of rotatable bonds is 5. The molecule has 0 bridgehead atoms. The normalized spacial score (nSPS) is 10.9. The summed E-state index contributed by atoms with van der Waals surface area (Å²) in [5.74, 6) is 0.705. The van der Waals surface area contributed by atoms with E-state index in [0.29, 0.717) is 6.61 Å². The highest BCUT2D eigenvalue weighted by Crippen LogP contribution is 2.42. The van der Waals surface area contributed by atoms with Crippen LogP contribution in [-0.4, -0.2) is 10.5 Å². The van der Waals surface area contributed by atoms with Crippen molar-refractivity contribution in [3.8, 4) is 28.1 Å². The molecule has 0 N–H and O–H groups in total. The summed E-state index contributed by atoms with van der Waals surface area (Å²) in [6.07, 6.45) is 0. The zero-order chi connectivity index (χ0) is 21.9. The van der Waals surface area contributed by atoms with Gasteiger partial charge in [-0.2, -0.15) is 0 Å². The van der Waals surface area contributed by atoms with Gasteiger partial charge in [-0.3, -0.25) is 9.36 Å². The molecular formula is C29H23NO2. The first-order chi connectivity index (χ1) is 15.7. The number of carbonyl (C=O) groups is 1. The maximum absolute atomic E-state index is 12.9. The second-order valence-electron chi connectivity index (χ2n) is 7.76. The van der Waals surface area contributed by atoms with Gasteiger partial charge >= 0.3 is 0 Å². The fraction of sp³-hybridized carbons (Fsp3) is 0.0690. The number of ether oxygens (including phenoxy) is 1. The molecule has 0 unspecified atom stereocenters. The first kappa shape index (κ1) is 19.8. The minimum atomic E-state index is -0.0313. The molecule has 3 heteroatoms. The Morgan fingerprint density at radius 1 is 0.750 bits per heavy atom. The van der Waals surface area contributed by atoms with Gasteiger partial charge in [0.1, 0.15) is 12.4 Å². The van der Waals surface area contributed by atoms with Gasteiger partial charge in [0, 0.05) is 23.9 Å². The number of nitrogens with zero attached hydrogens (tertiary/aromatic N) is 1. The molecule has 156 valence electrons. The first-order valence-electron chi connectivity index (χ1n) is 10.7. The van der Waals surface area contributed by atoms with Crippen molar-refractivity contribution in [3.05, 3.63) is 115 Å². The van der Waals surface area contributed by atoms with Gasteiger partial charge in [-0.15, -0.1) is 0 Å². The van der Waals surface area contributed by atoms with Crippen molar-refractivity contribution < 1.29 is 9.53 Å². The fourth-order valence-corrected chi connectivity index (χ4v) is 4.19. The van der Waals surface area contributed by atoms with Crippen molar-refractivity contribution in [2.24, 2.45) is 0 Å². The predicted octanol–water partition coefficient (Wildman–Crippen LogP) is 7.21. The summed E-state index contributed by atoms with van der Waals surface area (Å²) in [4.78, 5) is 12.9. The van der Waals surface area contributed by atoms with Crippen molar-refractivity contribution in [2.45, 2.75) is 13.5 Å². The van der Waals surface area contributed by atoms with Gasteiger partial charge in [-0.05, 0) is 28.8 Å². The molecule has 0 amide bonds. The molecule has 0 radical (unpaired) electrons. The molecule has 32 heavy (non-hydrogen) atoms. The van der Waals surface area contributed by atoms with Gasteiger partial charge in [0.2, 0.25) is 5.91 Å². The predicted molar refractivity (Wildman–Crippen MR) is 130 cm³/mol. The van der Waals surface area contributed by atoms with Crippen molar-refractivity contribution in [1.29, 1.82) is 0 Å². The Balaban J connectivity index is 1.71. The van der Waals surface area contributed by atoms with Crippen LogP contribution in [0.1, 0.15) is 17.3 Å². The Morgan fingerprint density at radius 3 is 1.97 bits per heavy atom. The van der Waals surface area contributed by atoms with Crippen LogP contribution in [-0.2, 0) is 6.61 Å². The molecule has 0 atom stereocenters. The topological polar surface area (TPSA) is 31.2 Å². The Kier molecular flexibility index (Phi) is 5.30. The van der Waals surface area contributed by atoms with Crippen molar-refractivity contribution in [1.82, 2.24) is 4.57 Å². The number of hydrogen-bond donors (Lipinski definition) is 0. The maximum atomic E-state index is 12.9. The molecule has 5 aromatic rings. The largest absolute Gasteiger partial charge is 0.489 e. The molecule has 1 heterocycles. The summed E-state index contributed by atoms with van der Waals surface area (Å²) < 4.78 is 7.88. The number of benzene rings is 4. The van der Waals surface area contributed by atoms with Gasteiger partial charge in [-0.25, -0.2) is 0 Å². The second-order valence-corrected chi connectivity index (χ2v) is 7.76. The Morgan fingerprint density at radius 2 is 1.34 bits per heavy atom. The van der Waals surface area contributed by atoms with Gasteiger partial charge in [0.05, 0.1) is 11.2 Å². The van der Waals surface area contributed by atoms with Crippen LogP contribution in [0.3, 0.4) is 0 Å². The smallest absolute Gasteiger partial charge is 0.228 e. The quantitative estimate of drug-likeness (QED) is 0.302. The van der Waals surface area contributed by atoms with Crippen molar-refractivity contribution in [2.75, 3.05) is 0 Å². The van der Waals surface area contributed by atoms with Crippen LogP contribution in [0, 0.1) is 0 Å². The Labute approximate surface area is 187 Å². The summed E-state index contributed by atoms with van der Waals surface area (Å²) in [6, 6.07) is 36.4. The van der Waals surface area contributed by atoms with Crippen LogP contribution in [0.5, 0.6) is 5.75 Å². The van der Waals surface area contributed by atoms with E-state index < -0.39 is 0 Å². The van der Waals surface area contributed by atoms with Gasteiger partial charge in [0.25, 0.3) is 0 Å². The summed E-state index contributed by atoms with van der Waals surface area (Å²) in [6.45, 7) is 2.09. The minimum absolute atomic E-state index is 0.0313. The zero-order valence-electron chi connectivity index (χ0n) is 17.9. The number of aromatic nitrogens is 1. The second kappa shape index (κ2) is 8.56. The van der Waals surface area contributed by atoms with Crippen LogP contribution in [0.4, 0.5) is 0 Å². The minimum Gasteiger partial charge on any atom is -0.489 e. The van der Waals surface area contributed by atoms with Crippen LogP contribution < -0.4 is 4.74 Å². The number of fused-ring (bicyclic) bond motifs is 1. The monoisotopic (exact) mass is 417 g/mol. The average molecular weight is 418 g/mol. The molecule has 0 saturated heterocycles. The molecule has 0 aliphatic rings. The van der Waals surface area contributed by atoms with E-state index in [-0.39, 0.29) is 5.91 Å². The van der Waals surface area contributed by atoms with Crippen LogP contribution in [0.25, 0.3) is 33.3 Å². The number of hydrogen-bond acceptors (Lipinski definition) is 2. The molecule has 4 aromatic carbocycles. The van der Waals surface area contributed by atoms with E-state index in [1.165, 1.54) is 0 Å². The zero-order valence-corrected chi connectivity index (χ0v) is 17.9. The molecule has 0 fully saturated rings. The highest BCUT2D eigenvalue weighted by atomic mass is 16.5. The van der Waals surface area contributed by atoms with E-state index in [1.807, 2.05) is 95.6 Å². The molecule has 5 rings (SSSR count). The summed E-state index contributed by atoms with van der Waals surface area (Å²) in [5.41, 5.74) is 5.99. The lowest BCUT2D eigenvalue weighted by Gasteiger charge is -2.10. The van der Waals surface area contributed by atoms with E-state index >= 15 is 0 Å². The third-order valence-corrected chi connectivity index (χ3v) is 5.61. The molecular weight excluding hydrogens is 394 g/mol. The third-order valence-electron chi connectivity index (χ3n) is 5.61. The lowest BCUT2D eigenvalue weighted by Crippen LogP contribution is -2.07. The molecule has 0 aliphatic heterocycles. The van der Waals surface area contributed by atoms with Crippen molar-refractivity contribution in [3.63, 3.8) is 0 Å². The van der Waals surface area contributed by atoms with E-state index in [9.17, 15) is 4.79 Å². The van der Waals surface area contributed by atoms with E-state index in [0.717, 1.165) is 44.6 Å². The molecule has 0 saturated carbocycles. The molecule has 1 aromatic heterocycles. The van der Waals surface area contributed by atoms with E-state index in [4.69, 9.17) is 4.74 Å². The highest BCUT2D eigenvalue weighted by molar-refractivity contribution is 6.09. The fourth-order valence-electron chi connectivity index (χ4n) is 4.19. The summed E-state index contributed by atoms with van der Waals surface area (Å²) in [7, 11) is 0.